The van der Waals surface area contributed by atoms with Gasteiger partial charge in [0.2, 0.25) is 0 Å². The summed E-state index contributed by atoms with van der Waals surface area (Å²) in [5.41, 5.74) is -0.888. The minimum Gasteiger partial charge on any atom is -0.480 e. The Balaban J connectivity index is 2.06. The molecule has 16 heavy (non-hydrogen) atoms. The van der Waals surface area contributed by atoms with Crippen LogP contribution >= 0.6 is 0 Å². The minimum atomic E-state index is -0.888. The second kappa shape index (κ2) is 3.96. The van der Waals surface area contributed by atoms with Gasteiger partial charge in [0.15, 0.2) is 5.79 Å². The average molecular weight is 231 g/mol. The third kappa shape index (κ3) is 1.53. The van der Waals surface area contributed by atoms with Crippen molar-refractivity contribution in [3.63, 3.8) is 0 Å². The molecule has 0 saturated carbocycles. The molecule has 0 aromatic carbocycles. The minimum absolute atomic E-state index is 0.242. The number of nitrogens with zero attached hydrogens (tertiary/aromatic N) is 1. The normalized spacial score (nSPS) is 33.6. The fourth-order valence-electron chi connectivity index (χ4n) is 2.29. The van der Waals surface area contributed by atoms with Gasteiger partial charge < -0.3 is 19.3 Å². The Morgan fingerprint density at radius 2 is 2.00 bits per heavy atom. The molecule has 92 valence electrons. The standard InChI is InChI=1S/C10H17NO5/c1-14-10(15-2)5-11(6-10)9(8(12)13)3-4-16-7-9/h3-7H2,1-2H3,(H,12,13). The molecule has 1 unspecified atom stereocenters. The first-order valence-corrected chi connectivity index (χ1v) is 5.25. The number of ether oxygens (including phenoxy) is 3. The Morgan fingerprint density at radius 3 is 2.38 bits per heavy atom. The lowest BCUT2D eigenvalue weighted by atomic mass is 9.90. The highest BCUT2D eigenvalue weighted by atomic mass is 16.7. The zero-order valence-corrected chi connectivity index (χ0v) is 9.56. The summed E-state index contributed by atoms with van der Waals surface area (Å²) in [6, 6.07) is 0. The van der Waals surface area contributed by atoms with E-state index in [1.807, 2.05) is 4.90 Å². The van der Waals surface area contributed by atoms with Crippen LogP contribution in [0.4, 0.5) is 0 Å². The third-order valence-electron chi connectivity index (χ3n) is 3.61. The number of methoxy groups -OCH3 is 2. The van der Waals surface area contributed by atoms with Crippen LogP contribution in [0, 0.1) is 0 Å². The predicted molar refractivity (Wildman–Crippen MR) is 54.1 cm³/mol. The molecule has 0 amide bonds. The van der Waals surface area contributed by atoms with Crippen LogP contribution in [0.15, 0.2) is 0 Å². The van der Waals surface area contributed by atoms with E-state index in [2.05, 4.69) is 0 Å². The van der Waals surface area contributed by atoms with Gasteiger partial charge >= 0.3 is 5.97 Å². The number of carboxylic acid groups (broad SMARTS) is 1. The second-order valence-electron chi connectivity index (χ2n) is 4.31. The van der Waals surface area contributed by atoms with E-state index in [1.54, 1.807) is 14.2 Å². The van der Waals surface area contributed by atoms with Crippen LogP contribution in [0.1, 0.15) is 6.42 Å². The van der Waals surface area contributed by atoms with Gasteiger partial charge in [-0.3, -0.25) is 9.69 Å². The topological polar surface area (TPSA) is 68.2 Å². The van der Waals surface area contributed by atoms with E-state index in [-0.39, 0.29) is 6.61 Å². The Labute approximate surface area is 94.1 Å². The fourth-order valence-corrected chi connectivity index (χ4v) is 2.29. The van der Waals surface area contributed by atoms with E-state index < -0.39 is 17.3 Å². The molecule has 1 N–H and O–H groups in total. The second-order valence-corrected chi connectivity index (χ2v) is 4.31. The van der Waals surface area contributed by atoms with Crippen LogP contribution < -0.4 is 0 Å². The van der Waals surface area contributed by atoms with Gasteiger partial charge in [-0.15, -0.1) is 0 Å². The van der Waals surface area contributed by atoms with E-state index in [0.717, 1.165) is 0 Å². The summed E-state index contributed by atoms with van der Waals surface area (Å²) in [5.74, 6) is -1.48. The van der Waals surface area contributed by atoms with Crippen LogP contribution in [-0.4, -0.2) is 67.8 Å². The number of hydrogen-bond donors (Lipinski definition) is 1. The molecule has 0 radical (unpaired) electrons. The van der Waals surface area contributed by atoms with Crippen molar-refractivity contribution in [1.82, 2.24) is 4.90 Å². The van der Waals surface area contributed by atoms with E-state index in [0.29, 0.717) is 26.1 Å². The van der Waals surface area contributed by atoms with Crippen molar-refractivity contribution in [2.75, 3.05) is 40.5 Å². The molecule has 2 fully saturated rings. The maximum absolute atomic E-state index is 11.3. The summed E-state index contributed by atoms with van der Waals surface area (Å²) in [5, 5.41) is 9.31. The largest absolute Gasteiger partial charge is 0.480 e. The monoisotopic (exact) mass is 231 g/mol. The molecule has 0 bridgehead atoms. The van der Waals surface area contributed by atoms with Crippen molar-refractivity contribution in [2.24, 2.45) is 0 Å². The summed E-state index contributed by atoms with van der Waals surface area (Å²) in [4.78, 5) is 13.2. The van der Waals surface area contributed by atoms with E-state index in [1.165, 1.54) is 0 Å². The molecule has 1 atom stereocenters. The number of hydrogen-bond acceptors (Lipinski definition) is 5. The van der Waals surface area contributed by atoms with Crippen LogP contribution in [0.3, 0.4) is 0 Å². The first kappa shape index (κ1) is 11.8. The van der Waals surface area contributed by atoms with Crippen LogP contribution in [0.25, 0.3) is 0 Å². The maximum Gasteiger partial charge on any atom is 0.326 e. The molecular weight excluding hydrogens is 214 g/mol. The van der Waals surface area contributed by atoms with Gasteiger partial charge in [0.05, 0.1) is 19.7 Å². The number of likely N-dealkylation sites (tertiary alicyclic amines) is 1. The molecule has 6 nitrogen and oxygen atoms in total. The smallest absolute Gasteiger partial charge is 0.326 e. The number of rotatable bonds is 4. The number of carboxylic acids is 1. The molecule has 0 aromatic heterocycles. The van der Waals surface area contributed by atoms with Gasteiger partial charge in [-0.1, -0.05) is 0 Å². The van der Waals surface area contributed by atoms with E-state index >= 15 is 0 Å². The van der Waals surface area contributed by atoms with Gasteiger partial charge in [0.25, 0.3) is 0 Å². The highest BCUT2D eigenvalue weighted by Gasteiger charge is 2.57. The zero-order chi connectivity index (χ0) is 11.8. The highest BCUT2D eigenvalue weighted by molar-refractivity contribution is 5.79. The first-order valence-electron chi connectivity index (χ1n) is 5.25. The highest BCUT2D eigenvalue weighted by Crippen LogP contribution is 2.36. The summed E-state index contributed by atoms with van der Waals surface area (Å²) < 4.78 is 15.7. The molecule has 6 heteroatoms. The average Bonchev–Trinajstić information content (AvgIpc) is 2.68. The van der Waals surface area contributed by atoms with E-state index in [9.17, 15) is 9.90 Å². The van der Waals surface area contributed by atoms with Gasteiger partial charge in [0, 0.05) is 27.2 Å². The van der Waals surface area contributed by atoms with Crippen molar-refractivity contribution < 1.29 is 24.1 Å². The molecule has 2 saturated heterocycles. The lowest BCUT2D eigenvalue weighted by Gasteiger charge is -2.53. The van der Waals surface area contributed by atoms with Crippen molar-refractivity contribution in [1.29, 1.82) is 0 Å². The molecular formula is C10H17NO5. The Bertz CT molecular complexity index is 275. The van der Waals surface area contributed by atoms with Gasteiger partial charge in [-0.2, -0.15) is 0 Å². The van der Waals surface area contributed by atoms with Gasteiger partial charge in [-0.05, 0) is 0 Å². The molecule has 0 aliphatic carbocycles. The summed E-state index contributed by atoms with van der Waals surface area (Å²) in [7, 11) is 3.14. The molecule has 2 aliphatic heterocycles. The quantitative estimate of drug-likeness (QED) is 0.660. The maximum atomic E-state index is 11.3. The Kier molecular flexibility index (Phi) is 2.91. The van der Waals surface area contributed by atoms with Crippen LogP contribution in [0.5, 0.6) is 0 Å². The SMILES string of the molecule is COC1(OC)CN(C2(C(=O)O)CCOC2)C1. The predicted octanol–water partition coefficient (Wildman–Crippen LogP) is -0.465. The lowest BCUT2D eigenvalue weighted by Crippen LogP contribution is -2.73. The fraction of sp³-hybridized carbons (Fsp3) is 0.900. The summed E-state index contributed by atoms with van der Waals surface area (Å²) >= 11 is 0. The van der Waals surface area contributed by atoms with E-state index in [4.69, 9.17) is 14.2 Å². The van der Waals surface area contributed by atoms with Crippen LogP contribution in [-0.2, 0) is 19.0 Å². The zero-order valence-electron chi connectivity index (χ0n) is 9.56. The summed E-state index contributed by atoms with van der Waals surface area (Å²) in [6.07, 6.45) is 0.520. The van der Waals surface area contributed by atoms with Crippen LogP contribution in [0.2, 0.25) is 0 Å². The van der Waals surface area contributed by atoms with Crippen molar-refractivity contribution in [2.45, 2.75) is 17.7 Å². The first-order chi connectivity index (χ1) is 7.58. The molecule has 2 heterocycles. The van der Waals surface area contributed by atoms with Crippen molar-refractivity contribution in [3.8, 4) is 0 Å². The van der Waals surface area contributed by atoms with Gasteiger partial charge in [-0.25, -0.2) is 0 Å². The summed E-state index contributed by atoms with van der Waals surface area (Å²) in [6.45, 7) is 1.67. The lowest BCUT2D eigenvalue weighted by molar-refractivity contribution is -0.291. The molecule has 0 spiro atoms. The molecule has 2 aliphatic rings. The Morgan fingerprint density at radius 1 is 1.38 bits per heavy atom. The molecule has 0 aromatic rings. The number of carbonyl (C=O) groups is 1. The van der Waals surface area contributed by atoms with Gasteiger partial charge in [0.1, 0.15) is 5.54 Å². The van der Waals surface area contributed by atoms with Crippen molar-refractivity contribution in [3.05, 3.63) is 0 Å². The van der Waals surface area contributed by atoms with Crippen molar-refractivity contribution >= 4 is 5.97 Å². The third-order valence-corrected chi connectivity index (χ3v) is 3.61. The molecule has 2 rings (SSSR count). The Hall–Kier alpha value is -0.690. The number of aliphatic carboxylic acids is 1.